The van der Waals surface area contributed by atoms with Gasteiger partial charge in [-0.25, -0.2) is 0 Å². The fourth-order valence-corrected chi connectivity index (χ4v) is 12.1. The highest BCUT2D eigenvalue weighted by molar-refractivity contribution is 7.03. The zero-order chi connectivity index (χ0) is 47.3. The number of nitrogens with zero attached hydrogens (tertiary/aromatic N) is 3. The molecule has 0 N–H and O–H groups in total. The predicted molar refractivity (Wildman–Crippen MR) is 306 cm³/mol. The van der Waals surface area contributed by atoms with E-state index in [4.69, 9.17) is 0 Å². The van der Waals surface area contributed by atoms with Gasteiger partial charge in [-0.3, -0.25) is 0 Å². The minimum atomic E-state index is -0.0720. The average molecular weight is 914 g/mol. The van der Waals surface area contributed by atoms with E-state index in [9.17, 15) is 0 Å². The molecule has 3 nitrogen and oxygen atoms in total. The minimum absolute atomic E-state index is 0.0720. The summed E-state index contributed by atoms with van der Waals surface area (Å²) in [6, 6.07) is 98.8. The summed E-state index contributed by atoms with van der Waals surface area (Å²) in [4.78, 5) is 5.12. The standard InChI is InChI=1S/C68H44BN3/c1-4-16-45(17-5-1)47-28-35-54(36-29-47)71-62-40-32-49-20-10-12-24-56(49)66(62)69-67-57-25-13-11-21-50(57)33-41-63(67)72(55-37-30-48(31-38-55)46-18-6-2-7-19-46)65-44-52(43-64(71)68(65)69)51-34-39-61-59(42-51)58-26-14-15-27-60(58)70(61)53-22-8-3-9-23-53/h1-44H. The lowest BCUT2D eigenvalue weighted by atomic mass is 9.32. The van der Waals surface area contributed by atoms with E-state index < -0.39 is 0 Å². The van der Waals surface area contributed by atoms with Gasteiger partial charge in [0, 0.05) is 50.6 Å². The number of hydrogen-bond acceptors (Lipinski definition) is 2. The average Bonchev–Trinajstić information content (AvgIpc) is 3.79. The quantitative estimate of drug-likeness (QED) is 0.154. The number of fused-ring (bicyclic) bond motifs is 11. The first-order valence-corrected chi connectivity index (χ1v) is 24.9. The van der Waals surface area contributed by atoms with Crippen LogP contribution in [0.4, 0.5) is 34.1 Å². The molecule has 1 aromatic heterocycles. The second-order valence-electron chi connectivity index (χ2n) is 19.2. The molecule has 13 aromatic rings. The SMILES string of the molecule is c1ccc(-c2ccc(N3c4cc(-c5ccc6c(c5)c5ccccc5n6-c5ccccc5)cc5c4B(c4c3ccc3ccccc43)c3c(ccc4ccccc34)N5c3ccc(-c4ccccc4)cc3)cc2)cc1. The maximum absolute atomic E-state index is 2.56. The van der Waals surface area contributed by atoms with Gasteiger partial charge < -0.3 is 14.4 Å². The van der Waals surface area contributed by atoms with Gasteiger partial charge in [-0.1, -0.05) is 188 Å². The topological polar surface area (TPSA) is 11.4 Å². The molecule has 72 heavy (non-hydrogen) atoms. The summed E-state index contributed by atoms with van der Waals surface area (Å²) >= 11 is 0. The summed E-state index contributed by atoms with van der Waals surface area (Å²) in [5.74, 6) is 0. The van der Waals surface area contributed by atoms with Crippen molar-refractivity contribution in [2.75, 3.05) is 9.80 Å². The molecule has 12 aromatic carbocycles. The number of benzene rings is 12. The molecule has 0 saturated carbocycles. The van der Waals surface area contributed by atoms with Crippen LogP contribution in [0.1, 0.15) is 0 Å². The summed E-state index contributed by atoms with van der Waals surface area (Å²) in [5, 5.41) is 7.48. The number of aromatic nitrogens is 1. The van der Waals surface area contributed by atoms with Crippen molar-refractivity contribution >= 4 is 101 Å². The van der Waals surface area contributed by atoms with Crippen molar-refractivity contribution in [2.45, 2.75) is 0 Å². The Morgan fingerprint density at radius 2 is 0.667 bits per heavy atom. The molecule has 0 fully saturated rings. The first-order chi connectivity index (χ1) is 35.7. The Morgan fingerprint density at radius 3 is 1.21 bits per heavy atom. The number of anilines is 6. The predicted octanol–water partition coefficient (Wildman–Crippen LogP) is 16.2. The van der Waals surface area contributed by atoms with Crippen molar-refractivity contribution in [3.63, 3.8) is 0 Å². The Kier molecular flexibility index (Phi) is 9.06. The monoisotopic (exact) mass is 913 g/mol. The summed E-state index contributed by atoms with van der Waals surface area (Å²) in [6.07, 6.45) is 0. The van der Waals surface area contributed by atoms with E-state index in [1.54, 1.807) is 0 Å². The van der Waals surface area contributed by atoms with Gasteiger partial charge in [0.1, 0.15) is 0 Å². The Morgan fingerprint density at radius 1 is 0.236 bits per heavy atom. The van der Waals surface area contributed by atoms with Gasteiger partial charge in [-0.15, -0.1) is 0 Å². The van der Waals surface area contributed by atoms with Crippen LogP contribution < -0.4 is 26.2 Å². The third-order valence-corrected chi connectivity index (χ3v) is 15.3. The van der Waals surface area contributed by atoms with Crippen LogP contribution in [0.2, 0.25) is 0 Å². The maximum Gasteiger partial charge on any atom is 0.253 e. The molecule has 0 bridgehead atoms. The molecule has 2 aliphatic rings. The summed E-state index contributed by atoms with van der Waals surface area (Å²) in [6.45, 7) is -0.0720. The highest BCUT2D eigenvalue weighted by Crippen LogP contribution is 2.48. The second kappa shape index (κ2) is 16.1. The van der Waals surface area contributed by atoms with Crippen LogP contribution in [0.3, 0.4) is 0 Å². The van der Waals surface area contributed by atoms with E-state index in [0.717, 1.165) is 22.6 Å². The smallest absolute Gasteiger partial charge is 0.253 e. The van der Waals surface area contributed by atoms with Crippen LogP contribution in [-0.2, 0) is 0 Å². The van der Waals surface area contributed by atoms with Crippen molar-refractivity contribution in [3.8, 4) is 39.1 Å². The van der Waals surface area contributed by atoms with E-state index in [2.05, 4.69) is 281 Å². The Balaban J connectivity index is 1.04. The molecule has 0 aliphatic carbocycles. The lowest BCUT2D eigenvalue weighted by molar-refractivity contribution is 1.18. The van der Waals surface area contributed by atoms with E-state index in [1.807, 2.05) is 0 Å². The number of hydrogen-bond donors (Lipinski definition) is 0. The molecule has 0 unspecified atom stereocenters. The lowest BCUT2D eigenvalue weighted by Crippen LogP contribution is -2.61. The van der Waals surface area contributed by atoms with E-state index in [0.29, 0.717) is 0 Å². The van der Waals surface area contributed by atoms with Crippen LogP contribution >= 0.6 is 0 Å². The highest BCUT2D eigenvalue weighted by Gasteiger charge is 2.45. The molecule has 4 heteroatoms. The van der Waals surface area contributed by atoms with Crippen molar-refractivity contribution in [3.05, 3.63) is 267 Å². The van der Waals surface area contributed by atoms with E-state index >= 15 is 0 Å². The summed E-state index contributed by atoms with van der Waals surface area (Å²) < 4.78 is 2.40. The maximum atomic E-state index is 2.56. The zero-order valence-corrected chi connectivity index (χ0v) is 39.3. The van der Waals surface area contributed by atoms with Crippen LogP contribution in [0, 0.1) is 0 Å². The molecule has 3 heterocycles. The van der Waals surface area contributed by atoms with E-state index in [1.165, 1.54) is 110 Å². The first kappa shape index (κ1) is 40.5. The molecule has 2 aliphatic heterocycles. The molecule has 0 saturated heterocycles. The molecular weight excluding hydrogens is 870 g/mol. The Bertz CT molecular complexity index is 4060. The van der Waals surface area contributed by atoms with Crippen LogP contribution in [0.15, 0.2) is 267 Å². The minimum Gasteiger partial charge on any atom is -0.311 e. The van der Waals surface area contributed by atoms with Gasteiger partial charge >= 0.3 is 0 Å². The molecular formula is C68H44BN3. The van der Waals surface area contributed by atoms with Gasteiger partial charge in [0.25, 0.3) is 6.71 Å². The molecule has 0 radical (unpaired) electrons. The molecule has 15 rings (SSSR count). The largest absolute Gasteiger partial charge is 0.311 e. The second-order valence-corrected chi connectivity index (χ2v) is 19.2. The van der Waals surface area contributed by atoms with E-state index in [-0.39, 0.29) is 6.71 Å². The molecule has 0 amide bonds. The number of para-hydroxylation sites is 2. The fourth-order valence-electron chi connectivity index (χ4n) is 12.1. The van der Waals surface area contributed by atoms with Crippen LogP contribution in [-0.4, -0.2) is 11.3 Å². The lowest BCUT2D eigenvalue weighted by Gasteiger charge is -2.45. The Labute approximate surface area is 418 Å². The van der Waals surface area contributed by atoms with Crippen molar-refractivity contribution in [2.24, 2.45) is 0 Å². The Hall–Kier alpha value is -9.38. The molecule has 0 atom stereocenters. The van der Waals surface area contributed by atoms with Crippen LogP contribution in [0.5, 0.6) is 0 Å². The van der Waals surface area contributed by atoms with Crippen molar-refractivity contribution in [1.82, 2.24) is 4.57 Å². The summed E-state index contributed by atoms with van der Waals surface area (Å²) in [5.41, 5.74) is 21.6. The van der Waals surface area contributed by atoms with Crippen LogP contribution in [0.25, 0.3) is 82.4 Å². The third kappa shape index (κ3) is 6.19. The number of rotatable bonds is 6. The first-order valence-electron chi connectivity index (χ1n) is 24.9. The molecule has 0 spiro atoms. The third-order valence-electron chi connectivity index (χ3n) is 15.3. The normalized spacial score (nSPS) is 12.6. The van der Waals surface area contributed by atoms with Gasteiger partial charge in [0.2, 0.25) is 0 Å². The van der Waals surface area contributed by atoms with Gasteiger partial charge in [0.05, 0.1) is 11.0 Å². The van der Waals surface area contributed by atoms with Gasteiger partial charge in [-0.05, 0) is 150 Å². The van der Waals surface area contributed by atoms with Gasteiger partial charge in [-0.2, -0.15) is 0 Å². The fraction of sp³-hybridized carbons (Fsp3) is 0. The van der Waals surface area contributed by atoms with Crippen molar-refractivity contribution in [1.29, 1.82) is 0 Å². The zero-order valence-electron chi connectivity index (χ0n) is 39.3. The van der Waals surface area contributed by atoms with Gasteiger partial charge in [0.15, 0.2) is 0 Å². The highest BCUT2D eigenvalue weighted by atomic mass is 15.2. The summed E-state index contributed by atoms with van der Waals surface area (Å²) in [7, 11) is 0. The van der Waals surface area contributed by atoms with Crippen molar-refractivity contribution < 1.29 is 0 Å². The molecule has 334 valence electrons.